The zero-order valence-corrected chi connectivity index (χ0v) is 7.69. The third kappa shape index (κ3) is 1.27. The van der Waals surface area contributed by atoms with E-state index >= 15 is 0 Å². The smallest absolute Gasteiger partial charge is 0.408 e. The molecule has 1 heterocycles. The standard InChI is InChI=1S/C11H11NO2/c1-2-11(8-14-10(13)12-11)9-6-4-3-5-7-9/h2-7H,1,8H2,(H,12,13)/t11-/m1/s1. The predicted molar refractivity (Wildman–Crippen MR) is 52.8 cm³/mol. The molecule has 14 heavy (non-hydrogen) atoms. The van der Waals surface area contributed by atoms with Crippen molar-refractivity contribution in [2.75, 3.05) is 6.61 Å². The van der Waals surface area contributed by atoms with Gasteiger partial charge in [-0.2, -0.15) is 0 Å². The van der Waals surface area contributed by atoms with Crippen molar-refractivity contribution in [2.24, 2.45) is 0 Å². The van der Waals surface area contributed by atoms with Gasteiger partial charge in [0.15, 0.2) is 0 Å². The lowest BCUT2D eigenvalue weighted by atomic mass is 9.92. The molecule has 1 aromatic rings. The van der Waals surface area contributed by atoms with E-state index in [-0.39, 0.29) is 0 Å². The lowest BCUT2D eigenvalue weighted by Gasteiger charge is -2.22. The lowest BCUT2D eigenvalue weighted by Crippen LogP contribution is -2.38. The van der Waals surface area contributed by atoms with E-state index in [1.807, 2.05) is 30.3 Å². The maximum atomic E-state index is 11.0. The molecule has 1 N–H and O–H groups in total. The molecule has 1 amide bonds. The van der Waals surface area contributed by atoms with E-state index in [1.54, 1.807) is 6.08 Å². The number of hydrogen-bond acceptors (Lipinski definition) is 2. The maximum Gasteiger partial charge on any atom is 0.408 e. The second kappa shape index (κ2) is 3.18. The highest BCUT2D eigenvalue weighted by atomic mass is 16.6. The molecule has 3 nitrogen and oxygen atoms in total. The largest absolute Gasteiger partial charge is 0.446 e. The summed E-state index contributed by atoms with van der Waals surface area (Å²) in [6.45, 7) is 4.04. The first-order valence-electron chi connectivity index (χ1n) is 4.41. The van der Waals surface area contributed by atoms with Gasteiger partial charge in [0, 0.05) is 0 Å². The second-order valence-corrected chi connectivity index (χ2v) is 3.24. The fourth-order valence-electron chi connectivity index (χ4n) is 1.55. The van der Waals surface area contributed by atoms with Gasteiger partial charge in [-0.15, -0.1) is 6.58 Å². The van der Waals surface area contributed by atoms with Crippen LogP contribution in [-0.4, -0.2) is 12.7 Å². The molecule has 1 fully saturated rings. The van der Waals surface area contributed by atoms with Gasteiger partial charge >= 0.3 is 6.09 Å². The van der Waals surface area contributed by atoms with E-state index in [2.05, 4.69) is 11.9 Å². The number of carbonyl (C=O) groups excluding carboxylic acids is 1. The van der Waals surface area contributed by atoms with E-state index in [4.69, 9.17) is 4.74 Å². The topological polar surface area (TPSA) is 38.3 Å². The van der Waals surface area contributed by atoms with Crippen molar-refractivity contribution in [2.45, 2.75) is 5.54 Å². The van der Waals surface area contributed by atoms with E-state index < -0.39 is 11.6 Å². The average Bonchev–Trinajstić information content (AvgIpc) is 2.63. The van der Waals surface area contributed by atoms with Crippen molar-refractivity contribution in [3.05, 3.63) is 48.6 Å². The number of cyclic esters (lactones) is 1. The van der Waals surface area contributed by atoms with Gasteiger partial charge in [0.1, 0.15) is 12.1 Å². The van der Waals surface area contributed by atoms with E-state index in [1.165, 1.54) is 0 Å². The molecule has 72 valence electrons. The Balaban J connectivity index is 2.39. The highest BCUT2D eigenvalue weighted by Gasteiger charge is 2.38. The third-order valence-electron chi connectivity index (χ3n) is 2.39. The van der Waals surface area contributed by atoms with Crippen molar-refractivity contribution in [1.29, 1.82) is 0 Å². The van der Waals surface area contributed by atoms with Gasteiger partial charge in [-0.25, -0.2) is 4.79 Å². The molecule has 0 saturated carbocycles. The highest BCUT2D eigenvalue weighted by Crippen LogP contribution is 2.26. The molecule has 1 atom stereocenters. The minimum absolute atomic E-state index is 0.305. The van der Waals surface area contributed by atoms with Crippen molar-refractivity contribution >= 4 is 6.09 Å². The molecule has 0 radical (unpaired) electrons. The number of rotatable bonds is 2. The van der Waals surface area contributed by atoms with Crippen LogP contribution in [-0.2, 0) is 10.3 Å². The molecule has 0 aromatic heterocycles. The fourth-order valence-corrected chi connectivity index (χ4v) is 1.55. The Hall–Kier alpha value is -1.77. The van der Waals surface area contributed by atoms with Gasteiger partial charge in [-0.3, -0.25) is 0 Å². The van der Waals surface area contributed by atoms with Crippen LogP contribution >= 0.6 is 0 Å². The monoisotopic (exact) mass is 189 g/mol. The van der Waals surface area contributed by atoms with Gasteiger partial charge in [-0.05, 0) is 5.56 Å². The average molecular weight is 189 g/mol. The van der Waals surface area contributed by atoms with Crippen LogP contribution in [0, 0.1) is 0 Å². The van der Waals surface area contributed by atoms with Crippen LogP contribution < -0.4 is 5.32 Å². The Kier molecular flexibility index (Phi) is 2.00. The molecule has 0 spiro atoms. The Morgan fingerprint density at radius 2 is 2.14 bits per heavy atom. The summed E-state index contributed by atoms with van der Waals surface area (Å²) in [5.74, 6) is 0. The molecule has 1 aromatic carbocycles. The lowest BCUT2D eigenvalue weighted by molar-refractivity contribution is 0.174. The number of hydrogen-bond donors (Lipinski definition) is 1. The van der Waals surface area contributed by atoms with E-state index in [9.17, 15) is 4.79 Å². The summed E-state index contributed by atoms with van der Waals surface area (Å²) >= 11 is 0. The van der Waals surface area contributed by atoms with Crippen molar-refractivity contribution in [3.63, 3.8) is 0 Å². The first-order valence-corrected chi connectivity index (χ1v) is 4.41. The third-order valence-corrected chi connectivity index (χ3v) is 2.39. The molecular formula is C11H11NO2. The van der Waals surface area contributed by atoms with Gasteiger partial charge in [0.25, 0.3) is 0 Å². The molecule has 1 saturated heterocycles. The zero-order chi connectivity index (χ0) is 10.0. The predicted octanol–water partition coefficient (Wildman–Crippen LogP) is 1.81. The summed E-state index contributed by atoms with van der Waals surface area (Å²) < 4.78 is 4.89. The SMILES string of the molecule is C=C[C@]1(c2ccccc2)COC(=O)N1. The Morgan fingerprint density at radius 3 is 2.64 bits per heavy atom. The van der Waals surface area contributed by atoms with E-state index in [0.29, 0.717) is 6.61 Å². The quantitative estimate of drug-likeness (QED) is 0.720. The van der Waals surface area contributed by atoms with Crippen molar-refractivity contribution in [3.8, 4) is 0 Å². The Labute approximate surface area is 82.4 Å². The van der Waals surface area contributed by atoms with Crippen LogP contribution in [0.3, 0.4) is 0 Å². The summed E-state index contributed by atoms with van der Waals surface area (Å²) in [4.78, 5) is 11.0. The molecule has 0 bridgehead atoms. The normalized spacial score (nSPS) is 25.3. The van der Waals surface area contributed by atoms with Crippen molar-refractivity contribution in [1.82, 2.24) is 5.32 Å². The Bertz CT molecular complexity index is 361. The summed E-state index contributed by atoms with van der Waals surface area (Å²) in [6.07, 6.45) is 1.31. The number of ether oxygens (including phenoxy) is 1. The first-order chi connectivity index (χ1) is 6.77. The molecule has 1 aliphatic rings. The molecule has 1 aliphatic heterocycles. The second-order valence-electron chi connectivity index (χ2n) is 3.24. The first kappa shape index (κ1) is 8.81. The molecule has 3 heteroatoms. The molecule has 0 aliphatic carbocycles. The number of alkyl carbamates (subject to hydrolysis) is 1. The summed E-state index contributed by atoms with van der Waals surface area (Å²) in [6, 6.07) is 9.65. The summed E-state index contributed by atoms with van der Waals surface area (Å²) in [5, 5.41) is 2.75. The zero-order valence-electron chi connectivity index (χ0n) is 7.69. The number of benzene rings is 1. The number of amides is 1. The summed E-state index contributed by atoms with van der Waals surface area (Å²) in [5.41, 5.74) is 0.430. The van der Waals surface area contributed by atoms with Crippen LogP contribution in [0.5, 0.6) is 0 Å². The highest BCUT2D eigenvalue weighted by molar-refractivity contribution is 5.72. The van der Waals surface area contributed by atoms with Crippen molar-refractivity contribution < 1.29 is 9.53 Å². The minimum atomic E-state index is -0.557. The molecule has 2 rings (SSSR count). The van der Waals surface area contributed by atoms with Gasteiger partial charge < -0.3 is 10.1 Å². The number of nitrogens with one attached hydrogen (secondary N) is 1. The minimum Gasteiger partial charge on any atom is -0.446 e. The fraction of sp³-hybridized carbons (Fsp3) is 0.182. The van der Waals surface area contributed by atoms with E-state index in [0.717, 1.165) is 5.56 Å². The molecule has 0 unspecified atom stereocenters. The number of carbonyl (C=O) groups is 1. The van der Waals surface area contributed by atoms with Crippen LogP contribution in [0.4, 0.5) is 4.79 Å². The van der Waals surface area contributed by atoms with Gasteiger partial charge in [0.05, 0.1) is 0 Å². The maximum absolute atomic E-state index is 11.0. The van der Waals surface area contributed by atoms with Gasteiger partial charge in [0.2, 0.25) is 0 Å². The van der Waals surface area contributed by atoms with Gasteiger partial charge in [-0.1, -0.05) is 36.4 Å². The Morgan fingerprint density at radius 1 is 1.43 bits per heavy atom. The van der Waals surface area contributed by atoms with Crippen LogP contribution in [0.2, 0.25) is 0 Å². The molecular weight excluding hydrogens is 178 g/mol. The van der Waals surface area contributed by atoms with Crippen LogP contribution in [0.25, 0.3) is 0 Å². The van der Waals surface area contributed by atoms with Crippen LogP contribution in [0.1, 0.15) is 5.56 Å². The van der Waals surface area contributed by atoms with Crippen LogP contribution in [0.15, 0.2) is 43.0 Å². The summed E-state index contributed by atoms with van der Waals surface area (Å²) in [7, 11) is 0.